The van der Waals surface area contributed by atoms with E-state index < -0.39 is 10.2 Å². The summed E-state index contributed by atoms with van der Waals surface area (Å²) in [4.78, 5) is 11.1. The number of anilines is 1. The van der Waals surface area contributed by atoms with E-state index in [0.717, 1.165) is 11.5 Å². The number of alkyl halides is 2. The first-order valence-electron chi connectivity index (χ1n) is 2.97. The van der Waals surface area contributed by atoms with Gasteiger partial charge in [-0.2, -0.15) is 0 Å². The predicted molar refractivity (Wildman–Crippen MR) is 48.6 cm³/mol. The lowest BCUT2D eigenvalue weighted by molar-refractivity contribution is -0.116. The quantitative estimate of drug-likeness (QED) is 0.780. The number of hydrogen-bond donors (Lipinski definition) is 1. The second-order valence-electron chi connectivity index (χ2n) is 2.12. The number of nitrogens with zero attached hydrogens (tertiary/aromatic N) is 2. The summed E-state index contributed by atoms with van der Waals surface area (Å²) in [5.74, 6) is -0.489. The molecule has 0 fully saturated rings. The maximum atomic E-state index is 11.1. The first kappa shape index (κ1) is 9.70. The topological polar surface area (TPSA) is 54.9 Å². The molecule has 1 aromatic rings. The highest BCUT2D eigenvalue weighted by molar-refractivity contribution is 7.10. The van der Waals surface area contributed by atoms with Gasteiger partial charge < -0.3 is 5.32 Å². The molecule has 0 aliphatic carbocycles. The number of amides is 1. The Hall–Kier alpha value is -0.390. The standard InChI is InChI=1S/C5H5Cl2N3OS/c1-5(6,7)4(11)9-3-2-8-10-12-3/h2H,1H3,(H,9,11). The minimum absolute atomic E-state index is 0.489. The fourth-order valence-electron chi connectivity index (χ4n) is 0.444. The molecule has 0 bridgehead atoms. The molecular weight excluding hydrogens is 221 g/mol. The molecule has 0 atom stereocenters. The third kappa shape index (κ3) is 2.58. The van der Waals surface area contributed by atoms with Crippen molar-refractivity contribution in [2.75, 3.05) is 5.32 Å². The summed E-state index contributed by atoms with van der Waals surface area (Å²) in [6.07, 6.45) is 1.42. The van der Waals surface area contributed by atoms with Gasteiger partial charge in [0.1, 0.15) is 5.00 Å². The highest BCUT2D eigenvalue weighted by Gasteiger charge is 2.27. The summed E-state index contributed by atoms with van der Waals surface area (Å²) in [7, 11) is 0. The number of hydrogen-bond acceptors (Lipinski definition) is 4. The van der Waals surface area contributed by atoms with Crippen molar-refractivity contribution in [3.8, 4) is 0 Å². The van der Waals surface area contributed by atoms with E-state index >= 15 is 0 Å². The number of aromatic nitrogens is 2. The normalized spacial score (nSPS) is 11.2. The maximum Gasteiger partial charge on any atom is 0.261 e. The van der Waals surface area contributed by atoms with Crippen molar-refractivity contribution < 1.29 is 4.79 Å². The third-order valence-electron chi connectivity index (χ3n) is 0.997. The first-order valence-corrected chi connectivity index (χ1v) is 4.49. The lowest BCUT2D eigenvalue weighted by Gasteiger charge is -2.10. The van der Waals surface area contributed by atoms with Gasteiger partial charge in [0.2, 0.25) is 0 Å². The largest absolute Gasteiger partial charge is 0.312 e. The number of halogens is 2. The van der Waals surface area contributed by atoms with Crippen LogP contribution in [0.15, 0.2) is 6.20 Å². The van der Waals surface area contributed by atoms with Crippen molar-refractivity contribution in [1.82, 2.24) is 9.59 Å². The molecule has 1 amide bonds. The molecule has 4 nitrogen and oxygen atoms in total. The van der Waals surface area contributed by atoms with Gasteiger partial charge in [-0.05, 0) is 6.92 Å². The van der Waals surface area contributed by atoms with Crippen LogP contribution in [0, 0.1) is 0 Å². The van der Waals surface area contributed by atoms with E-state index in [9.17, 15) is 4.79 Å². The van der Waals surface area contributed by atoms with E-state index in [-0.39, 0.29) is 0 Å². The number of carbonyl (C=O) groups is 1. The molecule has 12 heavy (non-hydrogen) atoms. The molecule has 0 spiro atoms. The molecular formula is C5H5Cl2N3OS. The monoisotopic (exact) mass is 225 g/mol. The fraction of sp³-hybridized carbons (Fsp3) is 0.400. The molecule has 0 radical (unpaired) electrons. The number of nitrogens with one attached hydrogen (secondary N) is 1. The average Bonchev–Trinajstić information content (AvgIpc) is 2.37. The molecule has 0 aliphatic heterocycles. The van der Waals surface area contributed by atoms with Crippen molar-refractivity contribution >= 4 is 45.6 Å². The van der Waals surface area contributed by atoms with Crippen LogP contribution in [0.2, 0.25) is 0 Å². The van der Waals surface area contributed by atoms with Gasteiger partial charge in [-0.15, -0.1) is 5.10 Å². The Morgan fingerprint density at radius 1 is 1.75 bits per heavy atom. The third-order valence-corrected chi connectivity index (χ3v) is 1.92. The molecule has 1 aromatic heterocycles. The molecule has 0 aliphatic rings. The van der Waals surface area contributed by atoms with Crippen LogP contribution >= 0.6 is 34.7 Å². The lowest BCUT2D eigenvalue weighted by atomic mass is 10.4. The second kappa shape index (κ2) is 3.55. The molecule has 1 N–H and O–H groups in total. The van der Waals surface area contributed by atoms with Gasteiger partial charge in [-0.25, -0.2) is 0 Å². The summed E-state index contributed by atoms with van der Waals surface area (Å²) >= 11 is 12.1. The van der Waals surface area contributed by atoms with Gasteiger partial charge in [0, 0.05) is 11.5 Å². The lowest BCUT2D eigenvalue weighted by Crippen LogP contribution is -2.28. The van der Waals surface area contributed by atoms with Crippen molar-refractivity contribution in [1.29, 1.82) is 0 Å². The summed E-state index contributed by atoms with van der Waals surface area (Å²) < 4.78 is 2.12. The Morgan fingerprint density at radius 2 is 2.42 bits per heavy atom. The number of rotatable bonds is 2. The molecule has 0 aromatic carbocycles. The van der Waals surface area contributed by atoms with Gasteiger partial charge in [-0.1, -0.05) is 27.7 Å². The van der Waals surface area contributed by atoms with Crippen LogP contribution in [-0.2, 0) is 4.79 Å². The van der Waals surface area contributed by atoms with Crippen LogP contribution in [0.1, 0.15) is 6.92 Å². The minimum atomic E-state index is -1.43. The fourth-order valence-corrected chi connectivity index (χ4v) is 0.953. The molecule has 66 valence electrons. The first-order chi connectivity index (χ1) is 5.50. The summed E-state index contributed by atoms with van der Waals surface area (Å²) in [5.41, 5.74) is 0. The van der Waals surface area contributed by atoms with Crippen molar-refractivity contribution in [3.05, 3.63) is 6.20 Å². The second-order valence-corrected chi connectivity index (χ2v) is 4.62. The Bertz CT molecular complexity index is 269. The van der Waals surface area contributed by atoms with Crippen LogP contribution < -0.4 is 5.32 Å². The van der Waals surface area contributed by atoms with E-state index in [0.29, 0.717) is 5.00 Å². The number of carbonyl (C=O) groups excluding carboxylic acids is 1. The van der Waals surface area contributed by atoms with E-state index in [1.807, 2.05) is 0 Å². The van der Waals surface area contributed by atoms with Crippen molar-refractivity contribution in [3.63, 3.8) is 0 Å². The highest BCUT2D eigenvalue weighted by Crippen LogP contribution is 2.22. The van der Waals surface area contributed by atoms with Gasteiger partial charge in [0.15, 0.2) is 4.33 Å². The molecule has 1 rings (SSSR count). The van der Waals surface area contributed by atoms with E-state index in [2.05, 4.69) is 14.9 Å². The average molecular weight is 226 g/mol. The van der Waals surface area contributed by atoms with Gasteiger partial charge in [-0.3, -0.25) is 4.79 Å². The zero-order valence-corrected chi connectivity index (χ0v) is 8.37. The Kier molecular flexibility index (Phi) is 2.87. The Labute approximate surface area is 83.0 Å². The van der Waals surface area contributed by atoms with Crippen molar-refractivity contribution in [2.24, 2.45) is 0 Å². The summed E-state index contributed by atoms with van der Waals surface area (Å²) in [6, 6.07) is 0. The van der Waals surface area contributed by atoms with Crippen LogP contribution in [0.5, 0.6) is 0 Å². The molecule has 0 saturated heterocycles. The molecule has 1 heterocycles. The highest BCUT2D eigenvalue weighted by atomic mass is 35.5. The predicted octanol–water partition coefficient (Wildman–Crippen LogP) is 1.67. The summed E-state index contributed by atoms with van der Waals surface area (Å²) in [6.45, 7) is 1.39. The van der Waals surface area contributed by atoms with E-state index in [1.54, 1.807) is 0 Å². The SMILES string of the molecule is CC(Cl)(Cl)C(=O)Nc1cnns1. The van der Waals surface area contributed by atoms with Crippen molar-refractivity contribution in [2.45, 2.75) is 11.3 Å². The maximum absolute atomic E-state index is 11.1. The van der Waals surface area contributed by atoms with Crippen LogP contribution in [0.3, 0.4) is 0 Å². The van der Waals surface area contributed by atoms with Crippen LogP contribution in [0.4, 0.5) is 5.00 Å². The molecule has 0 unspecified atom stereocenters. The van der Waals surface area contributed by atoms with Gasteiger partial charge in [0.25, 0.3) is 5.91 Å². The molecule has 0 saturated carbocycles. The van der Waals surface area contributed by atoms with Gasteiger partial charge >= 0.3 is 0 Å². The Balaban J connectivity index is 2.60. The molecule has 7 heteroatoms. The van der Waals surface area contributed by atoms with Gasteiger partial charge in [0.05, 0.1) is 6.20 Å². The van der Waals surface area contributed by atoms with Crippen LogP contribution in [-0.4, -0.2) is 19.8 Å². The van der Waals surface area contributed by atoms with Crippen LogP contribution in [0.25, 0.3) is 0 Å². The Morgan fingerprint density at radius 3 is 2.83 bits per heavy atom. The minimum Gasteiger partial charge on any atom is -0.312 e. The summed E-state index contributed by atoms with van der Waals surface area (Å²) in [5, 5.41) is 6.50. The zero-order valence-electron chi connectivity index (χ0n) is 6.04. The van der Waals surface area contributed by atoms with E-state index in [4.69, 9.17) is 23.2 Å². The zero-order chi connectivity index (χ0) is 9.19. The van der Waals surface area contributed by atoms with E-state index in [1.165, 1.54) is 13.1 Å². The smallest absolute Gasteiger partial charge is 0.261 e.